The van der Waals surface area contributed by atoms with E-state index in [1.54, 1.807) is 0 Å². The first-order chi connectivity index (χ1) is 13.8. The number of rotatable bonds is 17. The largest absolute Gasteiger partial charge is 0.325 e. The van der Waals surface area contributed by atoms with Crippen molar-refractivity contribution in [2.24, 2.45) is 27.9 Å². The lowest BCUT2D eigenvalue weighted by molar-refractivity contribution is -0.176. The molecule has 0 amide bonds. The molecule has 0 aromatic carbocycles. The molecule has 0 saturated heterocycles. The van der Waals surface area contributed by atoms with E-state index in [1.165, 1.54) is 70.6 Å². The molecule has 1 atom stereocenters. The maximum atomic E-state index is 7.40. The van der Waals surface area contributed by atoms with E-state index in [1.807, 2.05) is 0 Å². The molecule has 0 saturated carbocycles. The second-order valence-electron chi connectivity index (χ2n) is 9.91. The number of hydrogen-bond acceptors (Lipinski definition) is 1. The highest BCUT2D eigenvalue weighted by Gasteiger charge is 2.64. The fourth-order valence-electron chi connectivity index (χ4n) is 8.55. The number of unbranched alkanes of at least 4 members (excludes halogenated alkanes) is 2. The molecule has 0 spiro atoms. The lowest BCUT2D eigenvalue weighted by Gasteiger charge is -2.68. The van der Waals surface area contributed by atoms with Crippen molar-refractivity contribution in [2.75, 3.05) is 0 Å². The highest BCUT2D eigenvalue weighted by molar-refractivity contribution is 5.15. The normalized spacial score (nSPS) is 15.0. The highest BCUT2D eigenvalue weighted by atomic mass is 14.8. The van der Waals surface area contributed by atoms with Gasteiger partial charge in [-0.25, -0.2) is 0 Å². The molecule has 0 aliphatic rings. The van der Waals surface area contributed by atoms with Gasteiger partial charge >= 0.3 is 0 Å². The van der Waals surface area contributed by atoms with Crippen molar-refractivity contribution in [1.82, 2.24) is 0 Å². The molecule has 0 aliphatic carbocycles. The molecule has 0 rings (SSSR count). The molecule has 29 heavy (non-hydrogen) atoms. The topological polar surface area (TPSA) is 26.0 Å². The predicted molar refractivity (Wildman–Crippen MR) is 134 cm³/mol. The third-order valence-electron chi connectivity index (χ3n) is 10.2. The summed E-state index contributed by atoms with van der Waals surface area (Å²) in [5, 5.41) is 0. The van der Waals surface area contributed by atoms with E-state index >= 15 is 0 Å². The summed E-state index contributed by atoms with van der Waals surface area (Å²) < 4.78 is 0. The van der Waals surface area contributed by atoms with Gasteiger partial charge in [0.25, 0.3) is 0 Å². The second-order valence-corrected chi connectivity index (χ2v) is 9.91. The van der Waals surface area contributed by atoms with Crippen LogP contribution in [0.2, 0.25) is 0 Å². The van der Waals surface area contributed by atoms with Gasteiger partial charge in [0.05, 0.1) is 0 Å². The third-order valence-corrected chi connectivity index (χ3v) is 10.2. The molecule has 0 bridgehead atoms. The SMILES string of the molecule is CCCCCC(CC)C(CC)(CC)C(CC)(CC)C(CC)(CC)C(N)(CC)CC. The molecule has 1 heteroatoms. The molecule has 1 unspecified atom stereocenters. The smallest absolute Gasteiger partial charge is 0.0211 e. The van der Waals surface area contributed by atoms with Gasteiger partial charge in [-0.1, -0.05) is 94.9 Å². The molecule has 2 N–H and O–H groups in total. The minimum atomic E-state index is -0.0835. The van der Waals surface area contributed by atoms with Crippen LogP contribution in [0.5, 0.6) is 0 Å². The molecule has 0 aromatic heterocycles. The number of nitrogens with two attached hydrogens (primary N) is 1. The Morgan fingerprint density at radius 1 is 0.552 bits per heavy atom. The van der Waals surface area contributed by atoms with Gasteiger partial charge in [-0.05, 0) is 80.0 Å². The minimum Gasteiger partial charge on any atom is -0.325 e. The van der Waals surface area contributed by atoms with E-state index in [-0.39, 0.29) is 11.0 Å². The van der Waals surface area contributed by atoms with Crippen LogP contribution in [-0.4, -0.2) is 5.54 Å². The van der Waals surface area contributed by atoms with Gasteiger partial charge in [0.2, 0.25) is 0 Å². The van der Waals surface area contributed by atoms with Gasteiger partial charge in [0.1, 0.15) is 0 Å². The molecule has 0 fully saturated rings. The van der Waals surface area contributed by atoms with Gasteiger partial charge in [-0.2, -0.15) is 0 Å². The van der Waals surface area contributed by atoms with Crippen molar-refractivity contribution in [3.63, 3.8) is 0 Å². The summed E-state index contributed by atoms with van der Waals surface area (Å²) >= 11 is 0. The van der Waals surface area contributed by atoms with Crippen molar-refractivity contribution >= 4 is 0 Å². The summed E-state index contributed by atoms with van der Waals surface area (Å²) in [4.78, 5) is 0. The van der Waals surface area contributed by atoms with Crippen LogP contribution in [0.25, 0.3) is 0 Å². The minimum absolute atomic E-state index is 0.0835. The Balaban J connectivity index is 6.95. The molecule has 176 valence electrons. The van der Waals surface area contributed by atoms with Crippen LogP contribution in [0.4, 0.5) is 0 Å². The van der Waals surface area contributed by atoms with Crippen molar-refractivity contribution in [3.8, 4) is 0 Å². The Morgan fingerprint density at radius 3 is 1.28 bits per heavy atom. The zero-order valence-electron chi connectivity index (χ0n) is 22.3. The summed E-state index contributed by atoms with van der Waals surface area (Å²) in [6, 6.07) is 0. The van der Waals surface area contributed by atoms with E-state index in [9.17, 15) is 0 Å². The highest BCUT2D eigenvalue weighted by Crippen LogP contribution is 2.69. The van der Waals surface area contributed by atoms with Gasteiger partial charge in [0.15, 0.2) is 0 Å². The fourth-order valence-corrected chi connectivity index (χ4v) is 8.55. The van der Waals surface area contributed by atoms with Gasteiger partial charge in [0, 0.05) is 5.54 Å². The first-order valence-corrected chi connectivity index (χ1v) is 13.5. The summed E-state index contributed by atoms with van der Waals surface area (Å²) in [6.45, 7) is 24.4. The van der Waals surface area contributed by atoms with E-state index in [0.29, 0.717) is 10.8 Å². The molecule has 0 aliphatic heterocycles. The lowest BCUT2D eigenvalue weighted by Crippen LogP contribution is -2.67. The number of hydrogen-bond donors (Lipinski definition) is 1. The molecule has 0 aromatic rings. The first kappa shape index (κ1) is 29.0. The van der Waals surface area contributed by atoms with Gasteiger partial charge in [-0.3, -0.25) is 0 Å². The zero-order chi connectivity index (χ0) is 22.8. The van der Waals surface area contributed by atoms with Crippen molar-refractivity contribution in [3.05, 3.63) is 0 Å². The van der Waals surface area contributed by atoms with Crippen LogP contribution < -0.4 is 5.73 Å². The maximum Gasteiger partial charge on any atom is 0.0211 e. The summed E-state index contributed by atoms with van der Waals surface area (Å²) in [7, 11) is 0. The monoisotopic (exact) mass is 409 g/mol. The molecule has 0 heterocycles. The van der Waals surface area contributed by atoms with E-state index in [2.05, 4.69) is 69.2 Å². The van der Waals surface area contributed by atoms with Crippen LogP contribution in [0.1, 0.15) is 153 Å². The van der Waals surface area contributed by atoms with E-state index in [4.69, 9.17) is 5.73 Å². The van der Waals surface area contributed by atoms with Crippen molar-refractivity contribution in [1.29, 1.82) is 0 Å². The third kappa shape index (κ3) is 4.61. The lowest BCUT2D eigenvalue weighted by atomic mass is 9.37. The summed E-state index contributed by atoms with van der Waals surface area (Å²) in [6.07, 6.45) is 16.5. The zero-order valence-corrected chi connectivity index (χ0v) is 22.3. The van der Waals surface area contributed by atoms with E-state index in [0.717, 1.165) is 18.8 Å². The quantitative estimate of drug-likeness (QED) is 0.238. The van der Waals surface area contributed by atoms with E-state index < -0.39 is 0 Å². The Hall–Kier alpha value is -0.0400. The molecule has 1 nitrogen and oxygen atoms in total. The van der Waals surface area contributed by atoms with Crippen LogP contribution >= 0.6 is 0 Å². The van der Waals surface area contributed by atoms with Gasteiger partial charge in [-0.15, -0.1) is 0 Å². The molecular formula is C28H59N. The van der Waals surface area contributed by atoms with Crippen LogP contribution in [0.3, 0.4) is 0 Å². The Morgan fingerprint density at radius 2 is 1.00 bits per heavy atom. The maximum absolute atomic E-state index is 7.40. The summed E-state index contributed by atoms with van der Waals surface area (Å²) in [5.41, 5.74) is 8.18. The molecular weight excluding hydrogens is 350 g/mol. The van der Waals surface area contributed by atoms with Crippen molar-refractivity contribution in [2.45, 2.75) is 158 Å². The Kier molecular flexibility index (Phi) is 12.7. The van der Waals surface area contributed by atoms with Crippen LogP contribution in [0.15, 0.2) is 0 Å². The Bertz CT molecular complexity index is 408. The van der Waals surface area contributed by atoms with Crippen LogP contribution in [0, 0.1) is 22.2 Å². The average Bonchev–Trinajstić information content (AvgIpc) is 2.77. The van der Waals surface area contributed by atoms with Crippen molar-refractivity contribution < 1.29 is 0 Å². The van der Waals surface area contributed by atoms with Gasteiger partial charge < -0.3 is 5.73 Å². The first-order valence-electron chi connectivity index (χ1n) is 13.5. The standard InChI is InChI=1S/C28H59N/c1-11-21-22-23-24(12-2)25(13-3,14-4)26(15-5,16-6)27(17-7,18-8)28(29,19-9)20-10/h24H,11-23,29H2,1-10H3. The molecule has 0 radical (unpaired) electrons. The predicted octanol–water partition coefficient (Wildman–Crippen LogP) is 9.53. The Labute approximate surface area is 186 Å². The average molecular weight is 410 g/mol. The summed E-state index contributed by atoms with van der Waals surface area (Å²) in [5.74, 6) is 0.805. The fraction of sp³-hybridized carbons (Fsp3) is 1.00. The van der Waals surface area contributed by atoms with Crippen LogP contribution in [-0.2, 0) is 0 Å². The second kappa shape index (κ2) is 12.7.